The Morgan fingerprint density at radius 2 is 1.22 bits per heavy atom. The molecule has 0 heterocycles. The summed E-state index contributed by atoms with van der Waals surface area (Å²) in [6.07, 6.45) is 0. The standard InChI is InChI=1S/2H3N.Na.H3O4P.H2O/c;;;1-5(2,3)4;/h2*1H3;;(H3,1,2,3,4);1H2/q;;+1;;/p-1. The summed E-state index contributed by atoms with van der Waals surface area (Å²) in [4.78, 5) is 22.9. The molecule has 0 saturated carbocycles. The van der Waals surface area contributed by atoms with Gasteiger partial charge in [0.1, 0.15) is 0 Å². The molecule has 0 amide bonds. The maximum Gasteiger partial charge on any atom is 1.00 e. The van der Waals surface area contributed by atoms with E-state index in [1.54, 1.807) is 0 Å². The summed E-state index contributed by atoms with van der Waals surface area (Å²) in [6, 6.07) is 0. The summed E-state index contributed by atoms with van der Waals surface area (Å²) < 4.78 is 8.77. The van der Waals surface area contributed by atoms with Crippen molar-refractivity contribution in [3.63, 3.8) is 0 Å². The molecule has 0 aromatic rings. The maximum atomic E-state index is 8.77. The van der Waals surface area contributed by atoms with Crippen LogP contribution in [0.4, 0.5) is 0 Å². The Morgan fingerprint density at radius 3 is 1.22 bits per heavy atom. The monoisotopic (exact) mass is 172 g/mol. The van der Waals surface area contributed by atoms with Crippen LogP contribution in [0.5, 0.6) is 0 Å². The molecule has 9 heteroatoms. The summed E-state index contributed by atoms with van der Waals surface area (Å²) in [5.74, 6) is 0. The largest absolute Gasteiger partial charge is 1.00 e. The molecule has 56 valence electrons. The summed E-state index contributed by atoms with van der Waals surface area (Å²) >= 11 is 0. The van der Waals surface area contributed by atoms with Crippen LogP contribution in [-0.2, 0) is 4.57 Å². The summed E-state index contributed by atoms with van der Waals surface area (Å²) in [7, 11) is -4.89. The SMILES string of the molecule is N.N.O.O=P([O-])(O)O.[Na+]. The van der Waals surface area contributed by atoms with Gasteiger partial charge in [0, 0.05) is 0 Å². The van der Waals surface area contributed by atoms with Crippen LogP contribution in [0.3, 0.4) is 0 Å². The average molecular weight is 172 g/mol. The molecule has 7 nitrogen and oxygen atoms in total. The second kappa shape index (κ2) is 11.7. The van der Waals surface area contributed by atoms with Crippen LogP contribution in [0.15, 0.2) is 0 Å². The van der Waals surface area contributed by atoms with Gasteiger partial charge in [0.2, 0.25) is 0 Å². The van der Waals surface area contributed by atoms with Crippen LogP contribution < -0.4 is 46.8 Å². The topological polar surface area (TPSA) is 182 Å². The third kappa shape index (κ3) is 448. The Balaban J connectivity index is -0.0000000133. The van der Waals surface area contributed by atoms with E-state index in [1.807, 2.05) is 0 Å². The van der Waals surface area contributed by atoms with Gasteiger partial charge in [-0.15, -0.1) is 0 Å². The molecule has 10 N–H and O–H groups in total. The molecule has 0 spiro atoms. The molecular weight excluding hydrogens is 162 g/mol. The zero-order valence-electron chi connectivity index (χ0n) is 5.07. The van der Waals surface area contributed by atoms with E-state index in [0.717, 1.165) is 0 Å². The Hall–Kier alpha value is 0.990. The van der Waals surface area contributed by atoms with Gasteiger partial charge in [0.15, 0.2) is 0 Å². The predicted octanol–water partition coefficient (Wildman–Crippen LogP) is -5.06. The van der Waals surface area contributed by atoms with Gasteiger partial charge in [0.05, 0.1) is 0 Å². The molecule has 9 heavy (non-hydrogen) atoms. The second-order valence-corrected chi connectivity index (χ2v) is 1.47. The zero-order chi connectivity index (χ0) is 4.50. The molecule has 0 aliphatic rings. The van der Waals surface area contributed by atoms with Gasteiger partial charge in [-0.05, 0) is 0 Å². The summed E-state index contributed by atoms with van der Waals surface area (Å²) in [5, 5.41) is 0. The van der Waals surface area contributed by atoms with Crippen molar-refractivity contribution in [2.45, 2.75) is 0 Å². The molecule has 0 unspecified atom stereocenters. The van der Waals surface area contributed by atoms with E-state index < -0.39 is 7.82 Å². The molecule has 0 radical (unpaired) electrons. The molecule has 0 bridgehead atoms. The molecule has 0 aliphatic carbocycles. The minimum atomic E-state index is -4.89. The van der Waals surface area contributed by atoms with Crippen molar-refractivity contribution < 1.29 is 54.3 Å². The minimum absolute atomic E-state index is 0. The van der Waals surface area contributed by atoms with E-state index in [4.69, 9.17) is 19.2 Å². The first-order valence-electron chi connectivity index (χ1n) is 0.765. The van der Waals surface area contributed by atoms with Crippen LogP contribution in [0.1, 0.15) is 0 Å². The Kier molecular flexibility index (Phi) is 42.3. The van der Waals surface area contributed by atoms with Crippen molar-refractivity contribution in [3.05, 3.63) is 0 Å². The van der Waals surface area contributed by atoms with Gasteiger partial charge in [-0.25, -0.2) is 0 Å². The van der Waals surface area contributed by atoms with Crippen LogP contribution >= 0.6 is 7.82 Å². The molecular formula is H10N2NaO5P. The maximum absolute atomic E-state index is 8.77. The summed E-state index contributed by atoms with van der Waals surface area (Å²) in [6.45, 7) is 0. The normalized spacial score (nSPS) is 6.56. The number of hydrogen-bond acceptors (Lipinski definition) is 4. The van der Waals surface area contributed by atoms with Gasteiger partial charge < -0.3 is 32.5 Å². The van der Waals surface area contributed by atoms with Crippen molar-refractivity contribution in [1.82, 2.24) is 12.3 Å². The van der Waals surface area contributed by atoms with Gasteiger partial charge in [-0.2, -0.15) is 0 Å². The van der Waals surface area contributed by atoms with E-state index in [2.05, 4.69) is 0 Å². The third-order valence-corrected chi connectivity index (χ3v) is 0. The third-order valence-electron chi connectivity index (χ3n) is 0. The Morgan fingerprint density at radius 1 is 1.22 bits per heavy atom. The first-order valence-corrected chi connectivity index (χ1v) is 2.30. The molecule has 0 atom stereocenters. The van der Waals surface area contributed by atoms with Crippen molar-refractivity contribution in [2.75, 3.05) is 0 Å². The average Bonchev–Trinajstić information content (AvgIpc) is 0.722. The van der Waals surface area contributed by atoms with Crippen LogP contribution in [0.25, 0.3) is 0 Å². The van der Waals surface area contributed by atoms with Gasteiger partial charge in [-0.3, -0.25) is 4.57 Å². The van der Waals surface area contributed by atoms with Gasteiger partial charge in [0.25, 0.3) is 7.82 Å². The molecule has 0 rings (SSSR count). The second-order valence-electron chi connectivity index (χ2n) is 0.491. The Bertz CT molecular complexity index is 61.1. The quantitative estimate of drug-likeness (QED) is 0.209. The van der Waals surface area contributed by atoms with Crippen molar-refractivity contribution >= 4 is 7.82 Å². The number of phosphoric acid groups is 1. The van der Waals surface area contributed by atoms with E-state index in [0.29, 0.717) is 0 Å². The van der Waals surface area contributed by atoms with Crippen LogP contribution in [-0.4, -0.2) is 15.3 Å². The fraction of sp³-hybridized carbons (Fsp3) is 0. The summed E-state index contributed by atoms with van der Waals surface area (Å²) in [5.41, 5.74) is 0. The van der Waals surface area contributed by atoms with E-state index in [-0.39, 0.29) is 47.3 Å². The van der Waals surface area contributed by atoms with Crippen LogP contribution in [0.2, 0.25) is 0 Å². The molecule has 0 aromatic heterocycles. The zero-order valence-corrected chi connectivity index (χ0v) is 7.97. The van der Waals surface area contributed by atoms with E-state index in [9.17, 15) is 0 Å². The number of hydrogen-bond donors (Lipinski definition) is 4. The Labute approximate surface area is 74.5 Å². The predicted molar refractivity (Wildman–Crippen MR) is 25.7 cm³/mol. The van der Waals surface area contributed by atoms with Gasteiger partial charge >= 0.3 is 29.6 Å². The molecule has 0 aliphatic heterocycles. The van der Waals surface area contributed by atoms with E-state index >= 15 is 0 Å². The van der Waals surface area contributed by atoms with Crippen LogP contribution in [0, 0.1) is 0 Å². The minimum Gasteiger partial charge on any atom is -0.756 e. The molecule has 0 fully saturated rings. The van der Waals surface area contributed by atoms with Crippen molar-refractivity contribution in [2.24, 2.45) is 0 Å². The van der Waals surface area contributed by atoms with Gasteiger partial charge in [-0.1, -0.05) is 0 Å². The molecule has 0 aromatic carbocycles. The van der Waals surface area contributed by atoms with Crippen molar-refractivity contribution in [1.29, 1.82) is 0 Å². The fourth-order valence-corrected chi connectivity index (χ4v) is 0. The first kappa shape index (κ1) is 32.4. The number of rotatable bonds is 0. The van der Waals surface area contributed by atoms with Crippen molar-refractivity contribution in [3.8, 4) is 0 Å². The fourth-order valence-electron chi connectivity index (χ4n) is 0. The molecule has 0 saturated heterocycles. The first-order chi connectivity index (χ1) is 2.00. The smallest absolute Gasteiger partial charge is 0.756 e. The van der Waals surface area contributed by atoms with E-state index in [1.165, 1.54) is 0 Å².